The predicted octanol–water partition coefficient (Wildman–Crippen LogP) is 0.691. The van der Waals surface area contributed by atoms with Crippen LogP contribution in [0.5, 0.6) is 0 Å². The summed E-state index contributed by atoms with van der Waals surface area (Å²) >= 11 is 4.46. The number of isothiocyanates is 1. The molecule has 90 valence electrons. The minimum absolute atomic E-state index is 0.304. The molecule has 0 fully saturated rings. The summed E-state index contributed by atoms with van der Waals surface area (Å²) < 4.78 is 0. The van der Waals surface area contributed by atoms with Gasteiger partial charge in [-0.3, -0.25) is 4.79 Å². The van der Waals surface area contributed by atoms with E-state index in [9.17, 15) is 15.0 Å². The molecule has 0 spiro atoms. The molecule has 5 nitrogen and oxygen atoms in total. The van der Waals surface area contributed by atoms with Gasteiger partial charge in [-0.25, -0.2) is 0 Å². The maximum absolute atomic E-state index is 10.6. The molecule has 2 atom stereocenters. The molecular formula is C11H12N2O3S. The number of nitrogens with zero attached hydrogens (tertiary/aromatic N) is 1. The summed E-state index contributed by atoms with van der Waals surface area (Å²) in [5, 5.41) is 21.5. The topological polar surface area (TPSA) is 95.9 Å². The van der Waals surface area contributed by atoms with Crippen molar-refractivity contribution in [2.75, 3.05) is 0 Å². The maximum Gasteiger partial charge on any atom is 0.220 e. The Labute approximate surface area is 104 Å². The monoisotopic (exact) mass is 252 g/mol. The molecule has 0 aliphatic rings. The number of aliphatic hydroxyl groups excluding tert-OH is 2. The van der Waals surface area contributed by atoms with Gasteiger partial charge in [-0.05, 0) is 29.9 Å². The van der Waals surface area contributed by atoms with E-state index in [1.54, 1.807) is 24.3 Å². The average molecular weight is 252 g/mol. The van der Waals surface area contributed by atoms with Crippen molar-refractivity contribution in [3.05, 3.63) is 29.8 Å². The first-order chi connectivity index (χ1) is 8.04. The minimum Gasteiger partial charge on any atom is -0.390 e. The molecule has 2 unspecified atom stereocenters. The lowest BCUT2D eigenvalue weighted by molar-refractivity contribution is -0.121. The van der Waals surface area contributed by atoms with Crippen LogP contribution < -0.4 is 5.73 Å². The fourth-order valence-electron chi connectivity index (χ4n) is 1.37. The van der Waals surface area contributed by atoms with Crippen LogP contribution in [0.2, 0.25) is 0 Å². The number of aliphatic hydroxyl groups is 2. The number of benzene rings is 1. The Hall–Kier alpha value is -1.59. The van der Waals surface area contributed by atoms with E-state index < -0.39 is 18.1 Å². The summed E-state index contributed by atoms with van der Waals surface area (Å²) in [6, 6.07) is 6.49. The van der Waals surface area contributed by atoms with Gasteiger partial charge in [-0.15, -0.1) is 0 Å². The van der Waals surface area contributed by atoms with Gasteiger partial charge in [0, 0.05) is 0 Å². The summed E-state index contributed by atoms with van der Waals surface area (Å²) in [5.74, 6) is -0.676. The molecule has 1 amide bonds. The molecule has 0 aromatic heterocycles. The second-order valence-corrected chi connectivity index (χ2v) is 3.66. The molecule has 0 bridgehead atoms. The third kappa shape index (κ3) is 4.05. The Morgan fingerprint density at radius 3 is 2.82 bits per heavy atom. The molecule has 1 rings (SSSR count). The van der Waals surface area contributed by atoms with E-state index in [1.807, 2.05) is 0 Å². The highest BCUT2D eigenvalue weighted by atomic mass is 32.1. The SMILES string of the molecule is NC(=O)CC(O)C(O)c1cccc(N=C=S)c1. The van der Waals surface area contributed by atoms with Gasteiger partial charge >= 0.3 is 0 Å². The van der Waals surface area contributed by atoms with Crippen molar-refractivity contribution in [2.24, 2.45) is 10.7 Å². The fourth-order valence-corrected chi connectivity index (χ4v) is 1.48. The highest BCUT2D eigenvalue weighted by molar-refractivity contribution is 7.78. The zero-order valence-electron chi connectivity index (χ0n) is 8.91. The van der Waals surface area contributed by atoms with Gasteiger partial charge in [0.2, 0.25) is 5.91 Å². The van der Waals surface area contributed by atoms with Crippen molar-refractivity contribution >= 4 is 29.0 Å². The molecule has 1 aromatic carbocycles. The molecule has 1 aromatic rings. The Kier molecular flexibility index (Phi) is 4.93. The minimum atomic E-state index is -1.24. The largest absolute Gasteiger partial charge is 0.390 e. The zero-order chi connectivity index (χ0) is 12.8. The van der Waals surface area contributed by atoms with Crippen molar-refractivity contribution < 1.29 is 15.0 Å². The van der Waals surface area contributed by atoms with Gasteiger partial charge in [0.05, 0.1) is 23.4 Å². The number of rotatable bonds is 5. The molecule has 0 aliphatic carbocycles. The standard InChI is InChI=1S/C11H12N2O3S/c12-10(15)5-9(14)11(16)7-2-1-3-8(4-7)13-6-17/h1-4,9,11,14,16H,5H2,(H2,12,15). The lowest BCUT2D eigenvalue weighted by Crippen LogP contribution is -2.25. The van der Waals surface area contributed by atoms with Crippen molar-refractivity contribution in [1.82, 2.24) is 0 Å². The van der Waals surface area contributed by atoms with Gasteiger partial charge in [0.25, 0.3) is 0 Å². The second-order valence-electron chi connectivity index (χ2n) is 3.48. The van der Waals surface area contributed by atoms with Crippen LogP contribution in [0.4, 0.5) is 5.69 Å². The van der Waals surface area contributed by atoms with Crippen LogP contribution in [0.15, 0.2) is 29.3 Å². The predicted molar refractivity (Wildman–Crippen MR) is 65.9 cm³/mol. The zero-order valence-corrected chi connectivity index (χ0v) is 9.72. The molecule has 0 radical (unpaired) electrons. The Morgan fingerprint density at radius 1 is 1.53 bits per heavy atom. The van der Waals surface area contributed by atoms with E-state index in [0.29, 0.717) is 11.3 Å². The molecule has 0 saturated carbocycles. The summed E-state index contributed by atoms with van der Waals surface area (Å²) in [7, 11) is 0. The van der Waals surface area contributed by atoms with Crippen molar-refractivity contribution in [2.45, 2.75) is 18.6 Å². The van der Waals surface area contributed by atoms with Crippen molar-refractivity contribution in [1.29, 1.82) is 0 Å². The van der Waals surface area contributed by atoms with Crippen molar-refractivity contribution in [3.63, 3.8) is 0 Å². The number of hydrogen-bond acceptors (Lipinski definition) is 5. The highest BCUT2D eigenvalue weighted by Crippen LogP contribution is 2.23. The highest BCUT2D eigenvalue weighted by Gasteiger charge is 2.20. The number of aliphatic imine (C=N–C) groups is 1. The van der Waals surface area contributed by atoms with Gasteiger partial charge in [-0.2, -0.15) is 4.99 Å². The van der Waals surface area contributed by atoms with E-state index in [2.05, 4.69) is 22.4 Å². The molecular weight excluding hydrogens is 240 g/mol. The van der Waals surface area contributed by atoms with Crippen molar-refractivity contribution in [3.8, 4) is 0 Å². The number of carbonyl (C=O) groups is 1. The lowest BCUT2D eigenvalue weighted by Gasteiger charge is -2.16. The molecule has 0 heterocycles. The summed E-state index contributed by atoms with van der Waals surface area (Å²) in [6.07, 6.45) is -2.73. The Balaban J connectivity index is 2.87. The quantitative estimate of drug-likeness (QED) is 0.530. The summed E-state index contributed by atoms with van der Waals surface area (Å²) in [4.78, 5) is 14.4. The maximum atomic E-state index is 10.6. The molecule has 0 saturated heterocycles. The molecule has 0 aliphatic heterocycles. The average Bonchev–Trinajstić information content (AvgIpc) is 2.28. The Morgan fingerprint density at radius 2 is 2.24 bits per heavy atom. The number of hydrogen-bond donors (Lipinski definition) is 3. The first-order valence-corrected chi connectivity index (χ1v) is 5.27. The van der Waals surface area contributed by atoms with Crippen LogP contribution in [-0.4, -0.2) is 27.4 Å². The number of primary amides is 1. The smallest absolute Gasteiger partial charge is 0.220 e. The number of carbonyl (C=O) groups excluding carboxylic acids is 1. The lowest BCUT2D eigenvalue weighted by atomic mass is 10.0. The van der Waals surface area contributed by atoms with E-state index in [1.165, 1.54) is 0 Å². The Bertz CT molecular complexity index is 458. The van der Waals surface area contributed by atoms with Gasteiger partial charge < -0.3 is 15.9 Å². The number of thiocarbonyl (C=S) groups is 1. The van der Waals surface area contributed by atoms with Gasteiger partial charge in [-0.1, -0.05) is 12.1 Å². The van der Waals surface area contributed by atoms with Crippen LogP contribution in [0, 0.1) is 0 Å². The van der Waals surface area contributed by atoms with Crippen LogP contribution in [0.25, 0.3) is 0 Å². The normalized spacial score (nSPS) is 13.5. The van der Waals surface area contributed by atoms with Crippen LogP contribution in [0.3, 0.4) is 0 Å². The third-order valence-electron chi connectivity index (χ3n) is 2.16. The first-order valence-electron chi connectivity index (χ1n) is 4.87. The van der Waals surface area contributed by atoms with Crippen LogP contribution in [-0.2, 0) is 4.79 Å². The summed E-state index contributed by atoms with van der Waals surface area (Å²) in [5.41, 5.74) is 5.89. The fraction of sp³-hybridized carbons (Fsp3) is 0.273. The molecule has 17 heavy (non-hydrogen) atoms. The first kappa shape index (κ1) is 13.5. The van der Waals surface area contributed by atoms with Gasteiger partial charge in [0.1, 0.15) is 6.10 Å². The van der Waals surface area contributed by atoms with E-state index in [0.717, 1.165) is 0 Å². The number of amides is 1. The van der Waals surface area contributed by atoms with E-state index in [-0.39, 0.29) is 6.42 Å². The second kappa shape index (κ2) is 6.22. The van der Waals surface area contributed by atoms with Crippen LogP contribution >= 0.6 is 12.2 Å². The van der Waals surface area contributed by atoms with Crippen LogP contribution in [0.1, 0.15) is 18.1 Å². The van der Waals surface area contributed by atoms with E-state index in [4.69, 9.17) is 5.73 Å². The van der Waals surface area contributed by atoms with E-state index >= 15 is 0 Å². The molecule has 6 heteroatoms. The molecule has 4 N–H and O–H groups in total. The third-order valence-corrected chi connectivity index (χ3v) is 2.25. The summed E-state index contributed by atoms with van der Waals surface area (Å²) in [6.45, 7) is 0. The number of nitrogens with two attached hydrogens (primary N) is 1. The van der Waals surface area contributed by atoms with Gasteiger partial charge in [0.15, 0.2) is 0 Å².